The molecule has 0 radical (unpaired) electrons. The minimum absolute atomic E-state index is 0.163. The van der Waals surface area contributed by atoms with Crippen molar-refractivity contribution in [1.29, 1.82) is 0 Å². The SMILES string of the molecule is Cn1nccc1C=CC(=O)N1CC(C(=O)O)C1. The van der Waals surface area contributed by atoms with Gasteiger partial charge in [-0.3, -0.25) is 14.3 Å². The van der Waals surface area contributed by atoms with E-state index >= 15 is 0 Å². The Labute approximate surface area is 98.1 Å². The van der Waals surface area contributed by atoms with Gasteiger partial charge in [0.25, 0.3) is 0 Å². The fraction of sp³-hybridized carbons (Fsp3) is 0.364. The van der Waals surface area contributed by atoms with Gasteiger partial charge in [0.1, 0.15) is 0 Å². The van der Waals surface area contributed by atoms with Crippen LogP contribution in [0.15, 0.2) is 18.3 Å². The molecule has 1 aromatic heterocycles. The van der Waals surface area contributed by atoms with Gasteiger partial charge >= 0.3 is 5.97 Å². The highest BCUT2D eigenvalue weighted by atomic mass is 16.4. The molecular formula is C11H13N3O3. The summed E-state index contributed by atoms with van der Waals surface area (Å²) in [5.41, 5.74) is 0.827. The molecule has 0 atom stereocenters. The summed E-state index contributed by atoms with van der Waals surface area (Å²) in [6, 6.07) is 1.79. The van der Waals surface area contributed by atoms with Crippen LogP contribution in [0.3, 0.4) is 0 Å². The second-order valence-corrected chi connectivity index (χ2v) is 3.99. The molecule has 0 aromatic carbocycles. The predicted molar refractivity (Wildman–Crippen MR) is 59.9 cm³/mol. The van der Waals surface area contributed by atoms with E-state index in [-0.39, 0.29) is 5.91 Å². The zero-order valence-electron chi connectivity index (χ0n) is 9.41. The Bertz CT molecular complexity index is 472. The normalized spacial score (nSPS) is 16.2. The highest BCUT2D eigenvalue weighted by molar-refractivity contribution is 5.93. The molecule has 1 amide bonds. The first-order valence-corrected chi connectivity index (χ1v) is 5.25. The van der Waals surface area contributed by atoms with Crippen LogP contribution in [-0.4, -0.2) is 44.8 Å². The van der Waals surface area contributed by atoms with Gasteiger partial charge in [-0.2, -0.15) is 5.10 Å². The quantitative estimate of drug-likeness (QED) is 0.747. The van der Waals surface area contributed by atoms with E-state index in [2.05, 4.69) is 5.10 Å². The first-order valence-electron chi connectivity index (χ1n) is 5.25. The summed E-state index contributed by atoms with van der Waals surface area (Å²) in [6.45, 7) is 0.591. The van der Waals surface area contributed by atoms with Crippen molar-refractivity contribution in [2.24, 2.45) is 13.0 Å². The van der Waals surface area contributed by atoms with Crippen LogP contribution in [0.2, 0.25) is 0 Å². The number of nitrogens with zero attached hydrogens (tertiary/aromatic N) is 3. The van der Waals surface area contributed by atoms with Gasteiger partial charge < -0.3 is 10.0 Å². The van der Waals surface area contributed by atoms with Gasteiger partial charge in [-0.1, -0.05) is 0 Å². The summed E-state index contributed by atoms with van der Waals surface area (Å²) in [5, 5.41) is 12.7. The van der Waals surface area contributed by atoms with Crippen LogP contribution in [0.5, 0.6) is 0 Å². The lowest BCUT2D eigenvalue weighted by atomic mass is 10.0. The molecule has 1 aliphatic heterocycles. The van der Waals surface area contributed by atoms with Crippen LogP contribution in [-0.2, 0) is 16.6 Å². The van der Waals surface area contributed by atoms with Crippen molar-refractivity contribution in [2.45, 2.75) is 0 Å². The smallest absolute Gasteiger partial charge is 0.310 e. The Kier molecular flexibility index (Phi) is 2.95. The van der Waals surface area contributed by atoms with Gasteiger partial charge in [0.15, 0.2) is 0 Å². The molecule has 2 rings (SSSR count). The summed E-state index contributed by atoms with van der Waals surface area (Å²) in [6.07, 6.45) is 4.76. The van der Waals surface area contributed by atoms with Crippen molar-refractivity contribution in [1.82, 2.24) is 14.7 Å². The van der Waals surface area contributed by atoms with E-state index in [1.54, 1.807) is 30.1 Å². The molecule has 1 fully saturated rings. The van der Waals surface area contributed by atoms with Gasteiger partial charge in [0.05, 0.1) is 11.6 Å². The molecule has 1 aliphatic rings. The Morgan fingerprint density at radius 2 is 2.24 bits per heavy atom. The van der Waals surface area contributed by atoms with Crippen LogP contribution in [0.25, 0.3) is 6.08 Å². The molecular weight excluding hydrogens is 222 g/mol. The van der Waals surface area contributed by atoms with Gasteiger partial charge in [0, 0.05) is 32.4 Å². The number of hydrogen-bond donors (Lipinski definition) is 1. The predicted octanol–water partition coefficient (Wildman–Crippen LogP) is -0.0237. The van der Waals surface area contributed by atoms with E-state index < -0.39 is 11.9 Å². The van der Waals surface area contributed by atoms with E-state index in [0.717, 1.165) is 5.69 Å². The number of carboxylic acids is 1. The topological polar surface area (TPSA) is 75.4 Å². The van der Waals surface area contributed by atoms with Crippen molar-refractivity contribution >= 4 is 18.0 Å². The average molecular weight is 235 g/mol. The monoisotopic (exact) mass is 235 g/mol. The molecule has 6 nitrogen and oxygen atoms in total. The summed E-state index contributed by atoms with van der Waals surface area (Å²) in [4.78, 5) is 23.7. The first kappa shape index (κ1) is 11.4. The summed E-state index contributed by atoms with van der Waals surface area (Å²) < 4.78 is 1.65. The molecule has 1 saturated heterocycles. The van der Waals surface area contributed by atoms with E-state index in [9.17, 15) is 9.59 Å². The highest BCUT2D eigenvalue weighted by Gasteiger charge is 2.34. The van der Waals surface area contributed by atoms with E-state index in [0.29, 0.717) is 13.1 Å². The summed E-state index contributed by atoms with van der Waals surface area (Å²) in [5.74, 6) is -1.42. The van der Waals surface area contributed by atoms with Crippen molar-refractivity contribution < 1.29 is 14.7 Å². The maximum atomic E-state index is 11.6. The van der Waals surface area contributed by atoms with Crippen molar-refractivity contribution in [3.8, 4) is 0 Å². The second-order valence-electron chi connectivity index (χ2n) is 3.99. The first-order chi connectivity index (χ1) is 8.08. The molecule has 2 heterocycles. The molecule has 0 bridgehead atoms. The molecule has 17 heavy (non-hydrogen) atoms. The number of aryl methyl sites for hydroxylation is 1. The maximum Gasteiger partial charge on any atom is 0.310 e. The van der Waals surface area contributed by atoms with Crippen molar-refractivity contribution in [2.75, 3.05) is 13.1 Å². The van der Waals surface area contributed by atoms with Crippen LogP contribution in [0.1, 0.15) is 5.69 Å². The minimum Gasteiger partial charge on any atom is -0.481 e. The largest absolute Gasteiger partial charge is 0.481 e. The average Bonchev–Trinajstić information content (AvgIpc) is 2.58. The molecule has 0 saturated carbocycles. The molecule has 0 aliphatic carbocycles. The van der Waals surface area contributed by atoms with Gasteiger partial charge in [-0.05, 0) is 12.1 Å². The van der Waals surface area contributed by atoms with Crippen LogP contribution in [0.4, 0.5) is 0 Å². The van der Waals surface area contributed by atoms with E-state index in [1.807, 2.05) is 0 Å². The molecule has 90 valence electrons. The number of aliphatic carboxylic acids is 1. The van der Waals surface area contributed by atoms with Crippen LogP contribution >= 0.6 is 0 Å². The van der Waals surface area contributed by atoms with E-state index in [4.69, 9.17) is 5.11 Å². The highest BCUT2D eigenvalue weighted by Crippen LogP contribution is 2.16. The van der Waals surface area contributed by atoms with Crippen molar-refractivity contribution in [3.05, 3.63) is 24.0 Å². The third-order valence-electron chi connectivity index (χ3n) is 2.80. The maximum absolute atomic E-state index is 11.6. The molecule has 6 heteroatoms. The molecule has 1 aromatic rings. The minimum atomic E-state index is -0.843. The zero-order valence-corrected chi connectivity index (χ0v) is 9.41. The fourth-order valence-corrected chi connectivity index (χ4v) is 1.62. The van der Waals surface area contributed by atoms with Crippen molar-refractivity contribution in [3.63, 3.8) is 0 Å². The van der Waals surface area contributed by atoms with E-state index in [1.165, 1.54) is 11.0 Å². The number of hydrogen-bond acceptors (Lipinski definition) is 3. The lowest BCUT2D eigenvalue weighted by molar-refractivity contribution is -0.151. The molecule has 1 N–H and O–H groups in total. The lowest BCUT2D eigenvalue weighted by Crippen LogP contribution is -2.52. The third kappa shape index (κ3) is 2.35. The number of carbonyl (C=O) groups is 2. The number of aromatic nitrogens is 2. The Balaban J connectivity index is 1.89. The fourth-order valence-electron chi connectivity index (χ4n) is 1.62. The number of rotatable bonds is 3. The summed E-state index contributed by atoms with van der Waals surface area (Å²) >= 11 is 0. The number of carboxylic acid groups (broad SMARTS) is 1. The molecule has 0 spiro atoms. The summed E-state index contributed by atoms with van der Waals surface area (Å²) in [7, 11) is 1.79. The Hall–Kier alpha value is -2.11. The number of amides is 1. The molecule has 0 unspecified atom stereocenters. The number of likely N-dealkylation sites (tertiary alicyclic amines) is 1. The van der Waals surface area contributed by atoms with Gasteiger partial charge in [-0.25, -0.2) is 0 Å². The van der Waals surface area contributed by atoms with Crippen LogP contribution in [0, 0.1) is 5.92 Å². The Morgan fingerprint density at radius 1 is 1.53 bits per heavy atom. The van der Waals surface area contributed by atoms with Gasteiger partial charge in [0.2, 0.25) is 5.91 Å². The second kappa shape index (κ2) is 4.40. The Morgan fingerprint density at radius 3 is 2.76 bits per heavy atom. The van der Waals surface area contributed by atoms with Gasteiger partial charge in [-0.15, -0.1) is 0 Å². The third-order valence-corrected chi connectivity index (χ3v) is 2.80. The van der Waals surface area contributed by atoms with Crippen LogP contribution < -0.4 is 0 Å². The number of carbonyl (C=O) groups excluding carboxylic acids is 1. The standard InChI is InChI=1S/C11H13N3O3/c1-13-9(4-5-12-13)2-3-10(15)14-6-8(7-14)11(16)17/h2-5,8H,6-7H2,1H3,(H,16,17). The lowest BCUT2D eigenvalue weighted by Gasteiger charge is -2.35. The zero-order chi connectivity index (χ0) is 12.4.